The predicted octanol–water partition coefficient (Wildman–Crippen LogP) is 0.829. The molecular weight excluding hydrogens is 208 g/mol. The van der Waals surface area contributed by atoms with Gasteiger partial charge in [0.15, 0.2) is 0 Å². The molecule has 0 aliphatic rings. The number of amides is 1. The second-order valence-corrected chi connectivity index (χ2v) is 3.98. The Balaban J connectivity index is 3.73. The van der Waals surface area contributed by atoms with E-state index in [-0.39, 0.29) is 13.1 Å². The standard InChI is InChI=1S/C11H22N2O3/c1-2-3-4-5-6-7-13(8-10(12)14)9-11(15)16/h2-9H2,1H3,(H2,12,14)(H,15,16). The molecule has 0 aliphatic heterocycles. The number of hydrogen-bond acceptors (Lipinski definition) is 3. The highest BCUT2D eigenvalue weighted by Crippen LogP contribution is 2.03. The molecule has 0 aliphatic carbocycles. The molecule has 3 N–H and O–H groups in total. The topological polar surface area (TPSA) is 83.6 Å². The van der Waals surface area contributed by atoms with E-state index in [1.807, 2.05) is 0 Å². The molecule has 0 saturated carbocycles. The van der Waals surface area contributed by atoms with Gasteiger partial charge in [0.25, 0.3) is 0 Å². The highest BCUT2D eigenvalue weighted by molar-refractivity contribution is 5.77. The van der Waals surface area contributed by atoms with E-state index in [1.165, 1.54) is 12.8 Å². The van der Waals surface area contributed by atoms with Gasteiger partial charge in [0.2, 0.25) is 5.91 Å². The Morgan fingerprint density at radius 3 is 2.25 bits per heavy atom. The van der Waals surface area contributed by atoms with Crippen molar-refractivity contribution in [3.05, 3.63) is 0 Å². The molecule has 0 rings (SSSR count). The highest BCUT2D eigenvalue weighted by Gasteiger charge is 2.11. The van der Waals surface area contributed by atoms with Gasteiger partial charge in [-0.1, -0.05) is 32.6 Å². The first-order valence-electron chi connectivity index (χ1n) is 5.78. The zero-order chi connectivity index (χ0) is 12.4. The fourth-order valence-electron chi connectivity index (χ4n) is 1.56. The van der Waals surface area contributed by atoms with Gasteiger partial charge in [0, 0.05) is 0 Å². The first kappa shape index (κ1) is 14.9. The molecule has 16 heavy (non-hydrogen) atoms. The third-order valence-corrected chi connectivity index (χ3v) is 2.32. The number of primary amides is 1. The molecule has 5 nitrogen and oxygen atoms in total. The van der Waals surface area contributed by atoms with Crippen molar-refractivity contribution in [2.24, 2.45) is 5.73 Å². The number of carbonyl (C=O) groups excluding carboxylic acids is 1. The normalized spacial score (nSPS) is 10.6. The van der Waals surface area contributed by atoms with Gasteiger partial charge in [-0.25, -0.2) is 0 Å². The minimum atomic E-state index is -0.921. The van der Waals surface area contributed by atoms with Gasteiger partial charge >= 0.3 is 5.97 Å². The summed E-state index contributed by atoms with van der Waals surface area (Å²) in [6.07, 6.45) is 5.53. The van der Waals surface area contributed by atoms with Gasteiger partial charge in [-0.15, -0.1) is 0 Å². The predicted molar refractivity (Wildman–Crippen MR) is 62.0 cm³/mol. The molecule has 5 heteroatoms. The van der Waals surface area contributed by atoms with Crippen LogP contribution in [0.5, 0.6) is 0 Å². The monoisotopic (exact) mass is 230 g/mol. The number of hydrogen-bond donors (Lipinski definition) is 2. The van der Waals surface area contributed by atoms with Gasteiger partial charge in [0.05, 0.1) is 13.1 Å². The zero-order valence-electron chi connectivity index (χ0n) is 9.95. The van der Waals surface area contributed by atoms with Crippen molar-refractivity contribution < 1.29 is 14.7 Å². The maximum atomic E-state index is 10.7. The van der Waals surface area contributed by atoms with E-state index in [9.17, 15) is 9.59 Å². The van der Waals surface area contributed by atoms with Crippen molar-refractivity contribution in [1.82, 2.24) is 4.90 Å². The fourth-order valence-corrected chi connectivity index (χ4v) is 1.56. The van der Waals surface area contributed by atoms with Crippen molar-refractivity contribution in [3.8, 4) is 0 Å². The highest BCUT2D eigenvalue weighted by atomic mass is 16.4. The van der Waals surface area contributed by atoms with Gasteiger partial charge < -0.3 is 10.8 Å². The van der Waals surface area contributed by atoms with Crippen LogP contribution in [0, 0.1) is 0 Å². The second-order valence-electron chi connectivity index (χ2n) is 3.98. The molecule has 0 bridgehead atoms. The van der Waals surface area contributed by atoms with Crippen LogP contribution >= 0.6 is 0 Å². The quantitative estimate of drug-likeness (QED) is 0.544. The smallest absolute Gasteiger partial charge is 0.317 e. The van der Waals surface area contributed by atoms with Gasteiger partial charge in [-0.3, -0.25) is 14.5 Å². The number of carboxylic acid groups (broad SMARTS) is 1. The number of nitrogens with zero attached hydrogens (tertiary/aromatic N) is 1. The molecule has 0 aromatic rings. The molecule has 0 fully saturated rings. The molecule has 0 saturated heterocycles. The molecule has 1 amide bonds. The van der Waals surface area contributed by atoms with Crippen LogP contribution in [0.4, 0.5) is 0 Å². The number of unbranched alkanes of at least 4 members (excludes halogenated alkanes) is 4. The van der Waals surface area contributed by atoms with E-state index < -0.39 is 11.9 Å². The van der Waals surface area contributed by atoms with Crippen LogP contribution in [0.1, 0.15) is 39.0 Å². The summed E-state index contributed by atoms with van der Waals surface area (Å²) in [5, 5.41) is 8.64. The Labute approximate surface area is 96.6 Å². The first-order valence-corrected chi connectivity index (χ1v) is 5.78. The van der Waals surface area contributed by atoms with E-state index >= 15 is 0 Å². The summed E-state index contributed by atoms with van der Waals surface area (Å²) in [6.45, 7) is 2.68. The molecular formula is C11H22N2O3. The van der Waals surface area contributed by atoms with Crippen molar-refractivity contribution in [2.45, 2.75) is 39.0 Å². The number of carbonyl (C=O) groups is 2. The van der Waals surface area contributed by atoms with Crippen LogP contribution < -0.4 is 5.73 Å². The fraction of sp³-hybridized carbons (Fsp3) is 0.818. The van der Waals surface area contributed by atoms with E-state index in [0.29, 0.717) is 6.54 Å². The van der Waals surface area contributed by atoms with Crippen LogP contribution in [0.2, 0.25) is 0 Å². The van der Waals surface area contributed by atoms with E-state index in [0.717, 1.165) is 19.3 Å². The number of rotatable bonds is 10. The maximum absolute atomic E-state index is 10.7. The first-order chi connectivity index (χ1) is 7.56. The zero-order valence-corrected chi connectivity index (χ0v) is 9.95. The molecule has 0 heterocycles. The van der Waals surface area contributed by atoms with Crippen LogP contribution in [-0.2, 0) is 9.59 Å². The summed E-state index contributed by atoms with van der Waals surface area (Å²) in [5.74, 6) is -1.40. The molecule has 0 unspecified atom stereocenters. The lowest BCUT2D eigenvalue weighted by molar-refractivity contribution is -0.138. The van der Waals surface area contributed by atoms with Crippen molar-refractivity contribution in [2.75, 3.05) is 19.6 Å². The average Bonchev–Trinajstić information content (AvgIpc) is 2.15. The Morgan fingerprint density at radius 2 is 1.75 bits per heavy atom. The molecule has 0 spiro atoms. The van der Waals surface area contributed by atoms with Gasteiger partial charge in [-0.05, 0) is 13.0 Å². The number of aliphatic carboxylic acids is 1. The SMILES string of the molecule is CCCCCCCN(CC(N)=O)CC(=O)O. The second kappa shape index (κ2) is 9.15. The largest absolute Gasteiger partial charge is 0.480 e. The molecule has 0 atom stereocenters. The lowest BCUT2D eigenvalue weighted by Gasteiger charge is -2.17. The molecule has 94 valence electrons. The maximum Gasteiger partial charge on any atom is 0.317 e. The van der Waals surface area contributed by atoms with Gasteiger partial charge in [0.1, 0.15) is 0 Å². The van der Waals surface area contributed by atoms with Crippen molar-refractivity contribution in [1.29, 1.82) is 0 Å². The van der Waals surface area contributed by atoms with Gasteiger partial charge in [-0.2, -0.15) is 0 Å². The molecule has 0 aromatic carbocycles. The third-order valence-electron chi connectivity index (χ3n) is 2.32. The average molecular weight is 230 g/mol. The Hall–Kier alpha value is -1.10. The summed E-state index contributed by atoms with van der Waals surface area (Å²) in [7, 11) is 0. The lowest BCUT2D eigenvalue weighted by atomic mass is 10.1. The summed E-state index contributed by atoms with van der Waals surface area (Å²) in [5.41, 5.74) is 5.05. The van der Waals surface area contributed by atoms with E-state index in [2.05, 4.69) is 6.92 Å². The van der Waals surface area contributed by atoms with Crippen LogP contribution in [-0.4, -0.2) is 41.5 Å². The van der Waals surface area contributed by atoms with E-state index in [1.54, 1.807) is 4.90 Å². The third kappa shape index (κ3) is 9.45. The Bertz CT molecular complexity index is 203. The van der Waals surface area contributed by atoms with Crippen LogP contribution in [0.15, 0.2) is 0 Å². The number of carboxylic acids is 1. The minimum absolute atomic E-state index is 0.0279. The van der Waals surface area contributed by atoms with Crippen LogP contribution in [0.25, 0.3) is 0 Å². The summed E-state index contributed by atoms with van der Waals surface area (Å²) in [6, 6.07) is 0. The molecule has 0 aromatic heterocycles. The number of nitrogens with two attached hydrogens (primary N) is 1. The Morgan fingerprint density at radius 1 is 1.12 bits per heavy atom. The Kier molecular flexibility index (Phi) is 8.52. The van der Waals surface area contributed by atoms with Crippen molar-refractivity contribution >= 4 is 11.9 Å². The summed E-state index contributed by atoms with van der Waals surface area (Å²) >= 11 is 0. The summed E-state index contributed by atoms with van der Waals surface area (Å²) in [4.78, 5) is 22.8. The van der Waals surface area contributed by atoms with E-state index in [4.69, 9.17) is 10.8 Å². The van der Waals surface area contributed by atoms with Crippen molar-refractivity contribution in [3.63, 3.8) is 0 Å². The minimum Gasteiger partial charge on any atom is -0.480 e. The molecule has 0 radical (unpaired) electrons. The lowest BCUT2D eigenvalue weighted by Crippen LogP contribution is -2.37. The summed E-state index contributed by atoms with van der Waals surface area (Å²) < 4.78 is 0. The van der Waals surface area contributed by atoms with Crippen LogP contribution in [0.3, 0.4) is 0 Å².